The van der Waals surface area contributed by atoms with Gasteiger partial charge in [-0.1, -0.05) is 61.4 Å². The third-order valence-electron chi connectivity index (χ3n) is 4.58. The summed E-state index contributed by atoms with van der Waals surface area (Å²) in [5.74, 6) is 0. The van der Waals surface area contributed by atoms with Gasteiger partial charge in [-0.3, -0.25) is 4.21 Å². The van der Waals surface area contributed by atoms with Crippen LogP contribution in [0.2, 0.25) is 0 Å². The maximum Gasteiger partial charge on any atom is 0.269 e. The average molecular weight is 396 g/mol. The SMILES string of the molecule is CCC[C@H](S(=O)c1ccc(C)cc1)[C@](O)(CNCc1ccccc1)C(F)F. The lowest BCUT2D eigenvalue weighted by Crippen LogP contribution is -2.56. The van der Waals surface area contributed by atoms with Gasteiger partial charge in [0.25, 0.3) is 6.43 Å². The van der Waals surface area contributed by atoms with E-state index in [0.29, 0.717) is 17.9 Å². The second kappa shape index (κ2) is 10.1. The van der Waals surface area contributed by atoms with Crippen molar-refractivity contribution in [3.8, 4) is 0 Å². The first-order valence-electron chi connectivity index (χ1n) is 9.11. The standard InChI is InChI=1S/C21H27F2NO2S/c1-3-7-19(27(26)18-12-10-16(2)11-13-18)21(25,20(22)23)15-24-14-17-8-5-4-6-9-17/h4-6,8-13,19-20,24-25H,3,7,14-15H2,1-2H3/t19-,21+,27?/m0/s1. The van der Waals surface area contributed by atoms with E-state index in [4.69, 9.17) is 0 Å². The summed E-state index contributed by atoms with van der Waals surface area (Å²) in [7, 11) is -1.74. The summed E-state index contributed by atoms with van der Waals surface area (Å²) in [6.07, 6.45) is -2.21. The highest BCUT2D eigenvalue weighted by molar-refractivity contribution is 7.85. The fourth-order valence-corrected chi connectivity index (χ4v) is 4.72. The van der Waals surface area contributed by atoms with Gasteiger partial charge in [0.1, 0.15) is 0 Å². The van der Waals surface area contributed by atoms with Crippen molar-refractivity contribution in [1.29, 1.82) is 0 Å². The van der Waals surface area contributed by atoms with Crippen LogP contribution in [-0.2, 0) is 17.3 Å². The molecule has 0 fully saturated rings. The molecule has 0 radical (unpaired) electrons. The quantitative estimate of drug-likeness (QED) is 0.638. The van der Waals surface area contributed by atoms with Gasteiger partial charge in [0.2, 0.25) is 0 Å². The molecule has 0 saturated heterocycles. The number of hydrogen-bond donors (Lipinski definition) is 2. The highest BCUT2D eigenvalue weighted by Gasteiger charge is 2.47. The van der Waals surface area contributed by atoms with Gasteiger partial charge in [-0.15, -0.1) is 0 Å². The minimum atomic E-state index is -3.01. The second-order valence-electron chi connectivity index (χ2n) is 6.77. The van der Waals surface area contributed by atoms with Crippen molar-refractivity contribution in [2.45, 2.75) is 55.4 Å². The lowest BCUT2D eigenvalue weighted by molar-refractivity contribution is -0.0963. The van der Waals surface area contributed by atoms with Gasteiger partial charge in [0, 0.05) is 18.0 Å². The van der Waals surface area contributed by atoms with Crippen molar-refractivity contribution in [2.24, 2.45) is 0 Å². The third kappa shape index (κ3) is 5.67. The summed E-state index contributed by atoms with van der Waals surface area (Å²) in [5.41, 5.74) is -0.446. The second-order valence-corrected chi connectivity index (χ2v) is 8.40. The van der Waals surface area contributed by atoms with E-state index in [1.807, 2.05) is 44.2 Å². The minimum absolute atomic E-state index is 0.244. The van der Waals surface area contributed by atoms with Crippen molar-refractivity contribution in [3.05, 3.63) is 65.7 Å². The monoisotopic (exact) mass is 395 g/mol. The van der Waals surface area contributed by atoms with E-state index in [2.05, 4.69) is 5.32 Å². The van der Waals surface area contributed by atoms with Crippen molar-refractivity contribution in [1.82, 2.24) is 5.32 Å². The molecule has 0 aliphatic carbocycles. The molecule has 27 heavy (non-hydrogen) atoms. The molecule has 0 aliphatic heterocycles. The van der Waals surface area contributed by atoms with Gasteiger partial charge in [-0.2, -0.15) is 0 Å². The van der Waals surface area contributed by atoms with Gasteiger partial charge >= 0.3 is 0 Å². The van der Waals surface area contributed by atoms with E-state index < -0.39 is 28.1 Å². The summed E-state index contributed by atoms with van der Waals surface area (Å²) in [4.78, 5) is 0.459. The highest BCUT2D eigenvalue weighted by Crippen LogP contribution is 2.30. The molecule has 0 bridgehead atoms. The first-order chi connectivity index (χ1) is 12.9. The number of alkyl halides is 2. The zero-order chi connectivity index (χ0) is 19.9. The van der Waals surface area contributed by atoms with Gasteiger partial charge in [0.15, 0.2) is 5.60 Å². The van der Waals surface area contributed by atoms with Crippen LogP contribution >= 0.6 is 0 Å². The average Bonchev–Trinajstić information content (AvgIpc) is 2.66. The van der Waals surface area contributed by atoms with Crippen molar-refractivity contribution in [3.63, 3.8) is 0 Å². The van der Waals surface area contributed by atoms with Crippen LogP contribution in [-0.4, -0.2) is 33.1 Å². The molecule has 2 aromatic rings. The molecule has 0 aromatic heterocycles. The van der Waals surface area contributed by atoms with Crippen molar-refractivity contribution in [2.75, 3.05) is 6.54 Å². The normalized spacial score (nSPS) is 16.1. The van der Waals surface area contributed by atoms with Gasteiger partial charge in [-0.25, -0.2) is 8.78 Å². The van der Waals surface area contributed by atoms with Crippen LogP contribution in [0.25, 0.3) is 0 Å². The van der Waals surface area contributed by atoms with Crippen LogP contribution < -0.4 is 5.32 Å². The van der Waals surface area contributed by atoms with E-state index >= 15 is 0 Å². The van der Waals surface area contributed by atoms with Crippen LogP contribution in [0.15, 0.2) is 59.5 Å². The van der Waals surface area contributed by atoms with Crippen molar-refractivity contribution < 1.29 is 18.1 Å². The Bertz CT molecular complexity index is 725. The molecule has 3 atom stereocenters. The number of nitrogens with one attached hydrogen (secondary N) is 1. The van der Waals surface area contributed by atoms with E-state index in [-0.39, 0.29) is 13.0 Å². The summed E-state index contributed by atoms with van der Waals surface area (Å²) in [5, 5.41) is 12.7. The largest absolute Gasteiger partial charge is 0.381 e. The molecule has 1 unspecified atom stereocenters. The number of halogens is 2. The molecule has 3 nitrogen and oxygen atoms in total. The van der Waals surface area contributed by atoms with E-state index in [1.54, 1.807) is 24.3 Å². The topological polar surface area (TPSA) is 49.3 Å². The Labute approximate surface area is 162 Å². The molecule has 148 valence electrons. The van der Waals surface area contributed by atoms with Gasteiger partial charge in [0.05, 0.1) is 16.0 Å². The molecule has 0 saturated carbocycles. The van der Waals surface area contributed by atoms with E-state index in [1.165, 1.54) is 0 Å². The summed E-state index contributed by atoms with van der Waals surface area (Å²) >= 11 is 0. The number of hydrogen-bond acceptors (Lipinski definition) is 3. The smallest absolute Gasteiger partial charge is 0.269 e. The zero-order valence-corrected chi connectivity index (χ0v) is 16.5. The summed E-state index contributed by atoms with van der Waals surface area (Å²) in [6.45, 7) is 3.76. The van der Waals surface area contributed by atoms with Gasteiger partial charge in [-0.05, 0) is 31.0 Å². The first-order valence-corrected chi connectivity index (χ1v) is 10.3. The van der Waals surface area contributed by atoms with Crippen molar-refractivity contribution >= 4 is 10.8 Å². The van der Waals surface area contributed by atoms with Crippen LogP contribution in [0.3, 0.4) is 0 Å². The Morgan fingerprint density at radius 1 is 1.11 bits per heavy atom. The Kier molecular flexibility index (Phi) is 8.07. The molecule has 2 rings (SSSR count). The van der Waals surface area contributed by atoms with E-state index in [0.717, 1.165) is 11.1 Å². The first kappa shape index (κ1) is 21.7. The lowest BCUT2D eigenvalue weighted by atomic mass is 9.96. The molecule has 0 heterocycles. The third-order valence-corrected chi connectivity index (χ3v) is 6.48. The Balaban J connectivity index is 2.19. The Hall–Kier alpha value is -1.63. The zero-order valence-electron chi connectivity index (χ0n) is 15.7. The predicted octanol–water partition coefficient (Wildman–Crippen LogP) is 4.06. The highest BCUT2D eigenvalue weighted by atomic mass is 32.2. The Morgan fingerprint density at radius 3 is 2.30 bits per heavy atom. The number of rotatable bonds is 10. The maximum atomic E-state index is 13.9. The maximum absolute atomic E-state index is 13.9. The van der Waals surface area contributed by atoms with E-state index in [9.17, 15) is 18.1 Å². The molecular formula is C21H27F2NO2S. The minimum Gasteiger partial charge on any atom is -0.381 e. The summed E-state index contributed by atoms with van der Waals surface area (Å²) < 4.78 is 40.8. The van der Waals surface area contributed by atoms with Crippen LogP contribution in [0.5, 0.6) is 0 Å². The Morgan fingerprint density at radius 2 is 1.74 bits per heavy atom. The summed E-state index contributed by atoms with van der Waals surface area (Å²) in [6, 6.07) is 16.3. The van der Waals surface area contributed by atoms with Crippen LogP contribution in [0.4, 0.5) is 8.78 Å². The van der Waals surface area contributed by atoms with Crippen LogP contribution in [0.1, 0.15) is 30.9 Å². The molecule has 2 N–H and O–H groups in total. The number of aryl methyl sites for hydroxylation is 1. The molecule has 0 spiro atoms. The number of benzene rings is 2. The molecule has 6 heteroatoms. The molecule has 0 aliphatic rings. The molecular weight excluding hydrogens is 368 g/mol. The predicted molar refractivity (Wildman–Crippen MR) is 105 cm³/mol. The number of aliphatic hydroxyl groups is 1. The fourth-order valence-electron chi connectivity index (χ4n) is 2.98. The fraction of sp³-hybridized carbons (Fsp3) is 0.429. The lowest BCUT2D eigenvalue weighted by Gasteiger charge is -2.35. The molecule has 0 amide bonds. The van der Waals surface area contributed by atoms with Gasteiger partial charge < -0.3 is 10.4 Å². The van der Waals surface area contributed by atoms with Crippen LogP contribution in [0, 0.1) is 6.92 Å². The molecule has 2 aromatic carbocycles.